The lowest BCUT2D eigenvalue weighted by Gasteiger charge is -2.03. The Balaban J connectivity index is 1.97. The third-order valence-electron chi connectivity index (χ3n) is 2.61. The maximum absolute atomic E-state index is 5.53. The Bertz CT molecular complexity index is 707. The lowest BCUT2D eigenvalue weighted by molar-refractivity contribution is 0.659. The van der Waals surface area contributed by atoms with Gasteiger partial charge in [0, 0.05) is 5.39 Å². The molecule has 0 spiro atoms. The summed E-state index contributed by atoms with van der Waals surface area (Å²) in [4.78, 5) is 8.56. The van der Waals surface area contributed by atoms with E-state index in [0.29, 0.717) is 11.3 Å². The van der Waals surface area contributed by atoms with Crippen LogP contribution in [0.4, 0.5) is 5.95 Å². The molecule has 0 saturated carbocycles. The first-order valence-electron chi connectivity index (χ1n) is 5.43. The van der Waals surface area contributed by atoms with E-state index in [2.05, 4.69) is 31.0 Å². The quantitative estimate of drug-likeness (QED) is 0.788. The van der Waals surface area contributed by atoms with Crippen LogP contribution in [0, 0.1) is 0 Å². The van der Waals surface area contributed by atoms with Crippen LogP contribution in [0.2, 0.25) is 0 Å². The van der Waals surface area contributed by atoms with E-state index in [1.807, 2.05) is 36.4 Å². The molecule has 0 aliphatic rings. The average Bonchev–Trinajstić information content (AvgIpc) is 2.68. The van der Waals surface area contributed by atoms with E-state index in [1.165, 1.54) is 0 Å². The van der Waals surface area contributed by atoms with Crippen LogP contribution in [0.1, 0.15) is 5.69 Å². The van der Waals surface area contributed by atoms with Gasteiger partial charge in [-0.1, -0.05) is 24.3 Å². The zero-order chi connectivity index (χ0) is 12.5. The minimum atomic E-state index is 0.252. The van der Waals surface area contributed by atoms with Crippen LogP contribution in [0.15, 0.2) is 41.1 Å². The van der Waals surface area contributed by atoms with Crippen LogP contribution in [0.5, 0.6) is 0 Å². The molecule has 0 unspecified atom stereocenters. The molecule has 0 amide bonds. The van der Waals surface area contributed by atoms with Crippen LogP contribution < -0.4 is 5.73 Å². The van der Waals surface area contributed by atoms with Crippen molar-refractivity contribution in [1.29, 1.82) is 0 Å². The van der Waals surface area contributed by atoms with Crippen LogP contribution in [-0.4, -0.2) is 19.7 Å². The summed E-state index contributed by atoms with van der Waals surface area (Å²) in [7, 11) is 0. The van der Waals surface area contributed by atoms with Crippen molar-refractivity contribution < 1.29 is 0 Å². The van der Waals surface area contributed by atoms with Crippen molar-refractivity contribution in [2.75, 3.05) is 5.73 Å². The number of rotatable bonds is 2. The number of para-hydroxylation sites is 1. The molecule has 18 heavy (non-hydrogen) atoms. The molecule has 0 aliphatic heterocycles. The lowest BCUT2D eigenvalue weighted by atomic mass is 10.2. The van der Waals surface area contributed by atoms with Crippen LogP contribution in [-0.2, 0) is 6.54 Å². The van der Waals surface area contributed by atoms with E-state index < -0.39 is 0 Å². The van der Waals surface area contributed by atoms with Crippen molar-refractivity contribution in [3.05, 3.63) is 46.8 Å². The highest BCUT2D eigenvalue weighted by molar-refractivity contribution is 9.10. The summed E-state index contributed by atoms with van der Waals surface area (Å²) >= 11 is 3.31. The average molecular weight is 304 g/mol. The van der Waals surface area contributed by atoms with Crippen molar-refractivity contribution in [2.45, 2.75) is 6.54 Å². The maximum atomic E-state index is 5.53. The predicted molar refractivity (Wildman–Crippen MR) is 73.0 cm³/mol. The number of pyridine rings is 1. The molecule has 2 aromatic heterocycles. The molecular weight excluding hydrogens is 294 g/mol. The zero-order valence-corrected chi connectivity index (χ0v) is 11.0. The number of nitrogens with zero attached hydrogens (tertiary/aromatic N) is 4. The van der Waals surface area contributed by atoms with Crippen LogP contribution in [0.3, 0.4) is 0 Å². The Labute approximate surface area is 112 Å². The monoisotopic (exact) mass is 303 g/mol. The normalized spacial score (nSPS) is 10.9. The fraction of sp³-hybridized carbons (Fsp3) is 0.0833. The molecule has 3 aromatic rings. The van der Waals surface area contributed by atoms with Gasteiger partial charge in [-0.15, -0.1) is 5.10 Å². The Kier molecular flexibility index (Phi) is 2.71. The van der Waals surface area contributed by atoms with Crippen molar-refractivity contribution in [3.8, 4) is 0 Å². The largest absolute Gasteiger partial charge is 0.366 e. The number of hydrogen-bond donors (Lipinski definition) is 1. The van der Waals surface area contributed by atoms with E-state index in [-0.39, 0.29) is 5.95 Å². The van der Waals surface area contributed by atoms with E-state index >= 15 is 0 Å². The van der Waals surface area contributed by atoms with Gasteiger partial charge >= 0.3 is 0 Å². The van der Waals surface area contributed by atoms with E-state index in [4.69, 9.17) is 5.73 Å². The summed E-state index contributed by atoms with van der Waals surface area (Å²) in [6.45, 7) is 0.537. The van der Waals surface area contributed by atoms with Crippen molar-refractivity contribution in [1.82, 2.24) is 19.7 Å². The van der Waals surface area contributed by atoms with Crippen molar-refractivity contribution >= 4 is 32.8 Å². The van der Waals surface area contributed by atoms with Gasteiger partial charge in [0.1, 0.15) is 0 Å². The first-order valence-corrected chi connectivity index (χ1v) is 6.22. The Hall–Kier alpha value is -1.95. The highest BCUT2D eigenvalue weighted by atomic mass is 79.9. The second kappa shape index (κ2) is 4.38. The Morgan fingerprint density at radius 2 is 1.94 bits per heavy atom. The van der Waals surface area contributed by atoms with E-state index in [9.17, 15) is 0 Å². The fourth-order valence-electron chi connectivity index (χ4n) is 1.79. The summed E-state index contributed by atoms with van der Waals surface area (Å²) in [5, 5.41) is 5.21. The molecule has 90 valence electrons. The number of benzene rings is 1. The maximum Gasteiger partial charge on any atom is 0.240 e. The molecule has 0 bridgehead atoms. The number of aromatic nitrogens is 4. The summed E-state index contributed by atoms with van der Waals surface area (Å²) in [6, 6.07) is 12.0. The van der Waals surface area contributed by atoms with Crippen molar-refractivity contribution in [3.63, 3.8) is 0 Å². The molecule has 2 heterocycles. The standard InChI is InChI=1S/C12H10BrN5/c13-11-16-12(14)17-18(11)7-9-6-5-8-3-1-2-4-10(8)15-9/h1-6H,7H2,(H2,14,17). The lowest BCUT2D eigenvalue weighted by Crippen LogP contribution is -2.04. The SMILES string of the molecule is Nc1nc(Br)n(Cc2ccc3ccccc3n2)n1. The van der Waals surface area contributed by atoms with Gasteiger partial charge in [-0.25, -0.2) is 4.68 Å². The number of fused-ring (bicyclic) bond motifs is 1. The zero-order valence-electron chi connectivity index (χ0n) is 9.42. The van der Waals surface area contributed by atoms with Gasteiger partial charge in [-0.3, -0.25) is 4.98 Å². The predicted octanol–water partition coefficient (Wildman–Crippen LogP) is 2.22. The van der Waals surface area contributed by atoms with Gasteiger partial charge in [0.05, 0.1) is 17.8 Å². The smallest absolute Gasteiger partial charge is 0.240 e. The molecule has 6 heteroatoms. The minimum Gasteiger partial charge on any atom is -0.366 e. The molecule has 0 saturated heterocycles. The Morgan fingerprint density at radius 3 is 2.72 bits per heavy atom. The summed E-state index contributed by atoms with van der Waals surface area (Å²) in [6.07, 6.45) is 0. The van der Waals surface area contributed by atoms with E-state index in [1.54, 1.807) is 4.68 Å². The minimum absolute atomic E-state index is 0.252. The van der Waals surface area contributed by atoms with Gasteiger partial charge < -0.3 is 5.73 Å². The molecule has 0 fully saturated rings. The fourth-order valence-corrected chi connectivity index (χ4v) is 2.18. The number of nitrogen functional groups attached to an aromatic ring is 1. The molecule has 0 radical (unpaired) electrons. The van der Waals surface area contributed by atoms with Gasteiger partial charge in [0.2, 0.25) is 5.95 Å². The highest BCUT2D eigenvalue weighted by Gasteiger charge is 2.06. The number of anilines is 1. The highest BCUT2D eigenvalue weighted by Crippen LogP contribution is 2.14. The van der Waals surface area contributed by atoms with Gasteiger partial charge in [-0.2, -0.15) is 4.98 Å². The van der Waals surface area contributed by atoms with E-state index in [0.717, 1.165) is 16.6 Å². The molecule has 5 nitrogen and oxygen atoms in total. The Morgan fingerprint density at radius 1 is 1.11 bits per heavy atom. The molecule has 2 N–H and O–H groups in total. The second-order valence-corrected chi connectivity index (χ2v) is 4.60. The molecule has 0 atom stereocenters. The van der Waals surface area contributed by atoms with Crippen LogP contribution >= 0.6 is 15.9 Å². The summed E-state index contributed by atoms with van der Waals surface area (Å²) < 4.78 is 2.28. The third kappa shape index (κ3) is 2.06. The van der Waals surface area contributed by atoms with Gasteiger partial charge in [-0.05, 0) is 28.1 Å². The van der Waals surface area contributed by atoms with Crippen LogP contribution in [0.25, 0.3) is 10.9 Å². The number of nitrogens with two attached hydrogens (primary N) is 1. The van der Waals surface area contributed by atoms with Gasteiger partial charge in [0.25, 0.3) is 0 Å². The van der Waals surface area contributed by atoms with Crippen molar-refractivity contribution in [2.24, 2.45) is 0 Å². The molecule has 3 rings (SSSR count). The summed E-state index contributed by atoms with van der Waals surface area (Å²) in [5.74, 6) is 0.252. The molecular formula is C12H10BrN5. The summed E-state index contributed by atoms with van der Waals surface area (Å²) in [5.41, 5.74) is 7.42. The topological polar surface area (TPSA) is 69.6 Å². The first kappa shape index (κ1) is 11.2. The molecule has 1 aromatic carbocycles. The number of halogens is 1. The second-order valence-electron chi connectivity index (χ2n) is 3.89. The first-order chi connectivity index (χ1) is 8.72. The number of hydrogen-bond acceptors (Lipinski definition) is 4. The van der Waals surface area contributed by atoms with Gasteiger partial charge in [0.15, 0.2) is 4.73 Å². The molecule has 0 aliphatic carbocycles. The third-order valence-corrected chi connectivity index (χ3v) is 3.20.